The second-order valence-electron chi connectivity index (χ2n) is 7.69. The van der Waals surface area contributed by atoms with Crippen LogP contribution in [0.3, 0.4) is 0 Å². The first-order valence-electron chi connectivity index (χ1n) is 9.00. The highest BCUT2D eigenvalue weighted by atomic mass is 14.4. The molecule has 0 heterocycles. The predicted molar refractivity (Wildman–Crippen MR) is 87.4 cm³/mol. The van der Waals surface area contributed by atoms with Crippen LogP contribution in [0.15, 0.2) is 0 Å². The Labute approximate surface area is 122 Å². The Balaban J connectivity index is 0.000000861. The van der Waals surface area contributed by atoms with E-state index in [2.05, 4.69) is 27.7 Å². The van der Waals surface area contributed by atoms with Crippen LogP contribution in [0.25, 0.3) is 0 Å². The molecule has 2 aliphatic carbocycles. The van der Waals surface area contributed by atoms with Crippen LogP contribution in [0.4, 0.5) is 0 Å². The van der Waals surface area contributed by atoms with Crippen LogP contribution >= 0.6 is 0 Å². The van der Waals surface area contributed by atoms with Crippen molar-refractivity contribution >= 4 is 0 Å². The zero-order valence-electron chi connectivity index (χ0n) is 14.5. The van der Waals surface area contributed by atoms with Gasteiger partial charge in [-0.15, -0.1) is 0 Å². The highest BCUT2D eigenvalue weighted by Crippen LogP contribution is 2.46. The van der Waals surface area contributed by atoms with E-state index in [4.69, 9.17) is 0 Å². The van der Waals surface area contributed by atoms with Crippen molar-refractivity contribution in [1.29, 1.82) is 0 Å². The van der Waals surface area contributed by atoms with Crippen LogP contribution in [0.5, 0.6) is 0 Å². The molecule has 0 nitrogen and oxygen atoms in total. The van der Waals surface area contributed by atoms with Crippen LogP contribution in [0.2, 0.25) is 0 Å². The Morgan fingerprint density at radius 2 is 1.42 bits per heavy atom. The standard InChI is InChI=1S/C17H32.C2H6/c1-13-7-5-6-8-15-10-9-14(2)17(3,4)12-11-16(13)15;1-2/h13-16H,5-12H2,1-4H3;1-2H3. The highest BCUT2D eigenvalue weighted by molar-refractivity contribution is 4.86. The van der Waals surface area contributed by atoms with E-state index in [1.165, 1.54) is 51.4 Å². The lowest BCUT2D eigenvalue weighted by Crippen LogP contribution is -2.30. The van der Waals surface area contributed by atoms with E-state index >= 15 is 0 Å². The summed E-state index contributed by atoms with van der Waals surface area (Å²) in [5, 5.41) is 0. The minimum atomic E-state index is 0.580. The summed E-state index contributed by atoms with van der Waals surface area (Å²) in [5.41, 5.74) is 0.580. The molecule has 0 radical (unpaired) electrons. The third-order valence-corrected chi connectivity index (χ3v) is 6.25. The van der Waals surface area contributed by atoms with Crippen LogP contribution in [0, 0.1) is 29.1 Å². The SMILES string of the molecule is CC.CC1CCCCC2CCC(C)C(C)(C)CCC12. The molecule has 0 N–H and O–H groups in total. The van der Waals surface area contributed by atoms with Gasteiger partial charge in [0.05, 0.1) is 0 Å². The molecule has 0 aromatic heterocycles. The lowest BCUT2D eigenvalue weighted by Gasteiger charge is -2.40. The Bertz CT molecular complexity index is 240. The maximum Gasteiger partial charge on any atom is -0.0328 e. The molecule has 0 heteroatoms. The molecule has 0 spiro atoms. The van der Waals surface area contributed by atoms with Crippen molar-refractivity contribution in [1.82, 2.24) is 0 Å². The molecule has 19 heavy (non-hydrogen) atoms. The molecular weight excluding hydrogens is 228 g/mol. The zero-order valence-corrected chi connectivity index (χ0v) is 14.5. The Kier molecular flexibility index (Phi) is 6.91. The van der Waals surface area contributed by atoms with Gasteiger partial charge in [-0.2, -0.15) is 0 Å². The van der Waals surface area contributed by atoms with Crippen molar-refractivity contribution < 1.29 is 0 Å². The smallest absolute Gasteiger partial charge is 0.0328 e. The minimum absolute atomic E-state index is 0.580. The maximum atomic E-state index is 2.53. The fourth-order valence-corrected chi connectivity index (χ4v) is 4.28. The van der Waals surface area contributed by atoms with Gasteiger partial charge in [0, 0.05) is 0 Å². The highest BCUT2D eigenvalue weighted by Gasteiger charge is 2.35. The summed E-state index contributed by atoms with van der Waals surface area (Å²) >= 11 is 0. The van der Waals surface area contributed by atoms with Crippen molar-refractivity contribution in [2.24, 2.45) is 29.1 Å². The van der Waals surface area contributed by atoms with E-state index in [9.17, 15) is 0 Å². The van der Waals surface area contributed by atoms with Crippen molar-refractivity contribution in [2.75, 3.05) is 0 Å². The first kappa shape index (κ1) is 17.1. The van der Waals surface area contributed by atoms with Crippen LogP contribution in [-0.4, -0.2) is 0 Å². The van der Waals surface area contributed by atoms with Gasteiger partial charge in [-0.1, -0.05) is 67.2 Å². The van der Waals surface area contributed by atoms with Gasteiger partial charge in [0.25, 0.3) is 0 Å². The first-order valence-corrected chi connectivity index (χ1v) is 9.00. The summed E-state index contributed by atoms with van der Waals surface area (Å²) in [5.74, 6) is 4.02. The molecule has 4 unspecified atom stereocenters. The van der Waals surface area contributed by atoms with E-state index in [0.29, 0.717) is 5.41 Å². The third-order valence-electron chi connectivity index (χ3n) is 6.25. The second-order valence-corrected chi connectivity index (χ2v) is 7.69. The van der Waals surface area contributed by atoms with E-state index in [1.807, 2.05) is 13.8 Å². The summed E-state index contributed by atoms with van der Waals surface area (Å²) in [6, 6.07) is 0. The molecule has 0 amide bonds. The van der Waals surface area contributed by atoms with E-state index in [0.717, 1.165) is 23.7 Å². The fraction of sp³-hybridized carbons (Fsp3) is 1.00. The van der Waals surface area contributed by atoms with Gasteiger partial charge >= 0.3 is 0 Å². The third kappa shape index (κ3) is 4.50. The average molecular weight is 267 g/mol. The van der Waals surface area contributed by atoms with Gasteiger partial charge in [0.15, 0.2) is 0 Å². The number of rotatable bonds is 0. The van der Waals surface area contributed by atoms with Crippen LogP contribution < -0.4 is 0 Å². The van der Waals surface area contributed by atoms with Gasteiger partial charge in [-0.05, 0) is 54.8 Å². The van der Waals surface area contributed by atoms with Gasteiger partial charge in [0.2, 0.25) is 0 Å². The lowest BCUT2D eigenvalue weighted by atomic mass is 9.65. The number of hydrogen-bond acceptors (Lipinski definition) is 0. The molecule has 2 rings (SSSR count). The largest absolute Gasteiger partial charge is 0.0683 e. The zero-order chi connectivity index (χ0) is 14.5. The van der Waals surface area contributed by atoms with E-state index in [-0.39, 0.29) is 0 Å². The fourth-order valence-electron chi connectivity index (χ4n) is 4.28. The molecule has 0 bridgehead atoms. The molecule has 0 aliphatic heterocycles. The summed E-state index contributed by atoms with van der Waals surface area (Å²) < 4.78 is 0. The molecule has 0 aromatic rings. The molecule has 114 valence electrons. The molecule has 2 aliphatic rings. The molecule has 0 saturated heterocycles. The van der Waals surface area contributed by atoms with Gasteiger partial charge in [-0.3, -0.25) is 0 Å². The van der Waals surface area contributed by atoms with Gasteiger partial charge in [-0.25, -0.2) is 0 Å². The first-order chi connectivity index (χ1) is 9.00. The van der Waals surface area contributed by atoms with Gasteiger partial charge in [0.1, 0.15) is 0 Å². The molecule has 2 fully saturated rings. The molecule has 0 aromatic carbocycles. The normalized spacial score (nSPS) is 38.8. The van der Waals surface area contributed by atoms with Crippen molar-refractivity contribution in [3.8, 4) is 0 Å². The molecule has 2 saturated carbocycles. The summed E-state index contributed by atoms with van der Waals surface area (Å²) in [6.07, 6.45) is 12.0. The predicted octanol–water partition coefficient (Wildman–Crippen LogP) is 6.69. The number of fused-ring (bicyclic) bond motifs is 1. The maximum absolute atomic E-state index is 2.53. The summed E-state index contributed by atoms with van der Waals surface area (Å²) in [7, 11) is 0. The van der Waals surface area contributed by atoms with E-state index in [1.54, 1.807) is 0 Å². The Morgan fingerprint density at radius 3 is 2.11 bits per heavy atom. The Morgan fingerprint density at radius 1 is 0.789 bits per heavy atom. The minimum Gasteiger partial charge on any atom is -0.0683 e. The topological polar surface area (TPSA) is 0 Å². The average Bonchev–Trinajstić information content (AvgIpc) is 2.56. The summed E-state index contributed by atoms with van der Waals surface area (Å²) in [6.45, 7) is 14.0. The molecule has 4 atom stereocenters. The van der Waals surface area contributed by atoms with E-state index < -0.39 is 0 Å². The van der Waals surface area contributed by atoms with Crippen molar-refractivity contribution in [3.63, 3.8) is 0 Å². The van der Waals surface area contributed by atoms with Gasteiger partial charge < -0.3 is 0 Å². The monoisotopic (exact) mass is 266 g/mol. The van der Waals surface area contributed by atoms with Crippen molar-refractivity contribution in [2.45, 2.75) is 92.9 Å². The second kappa shape index (κ2) is 7.70. The van der Waals surface area contributed by atoms with Crippen LogP contribution in [0.1, 0.15) is 92.9 Å². The van der Waals surface area contributed by atoms with Crippen molar-refractivity contribution in [3.05, 3.63) is 0 Å². The Hall–Kier alpha value is 0. The van der Waals surface area contributed by atoms with Crippen LogP contribution in [-0.2, 0) is 0 Å². The summed E-state index contributed by atoms with van der Waals surface area (Å²) in [4.78, 5) is 0. The number of hydrogen-bond donors (Lipinski definition) is 0. The quantitative estimate of drug-likeness (QED) is 0.458. The lowest BCUT2D eigenvalue weighted by molar-refractivity contribution is 0.102. The molecular formula is C19H38.